The predicted octanol–water partition coefficient (Wildman–Crippen LogP) is 7.39. The molecule has 3 atom stereocenters. The van der Waals surface area contributed by atoms with Crippen molar-refractivity contribution < 1.29 is 4.79 Å². The second-order valence-corrected chi connectivity index (χ2v) is 11.4. The Bertz CT molecular complexity index is 1030. The van der Waals surface area contributed by atoms with Crippen LogP contribution in [0.25, 0.3) is 0 Å². The Kier molecular flexibility index (Phi) is 8.51. The lowest BCUT2D eigenvalue weighted by molar-refractivity contribution is -0.120. The highest BCUT2D eigenvalue weighted by Crippen LogP contribution is 2.40. The zero-order valence-electron chi connectivity index (χ0n) is 22.1. The van der Waals surface area contributed by atoms with Crippen LogP contribution in [0.1, 0.15) is 108 Å². The van der Waals surface area contributed by atoms with Crippen LogP contribution < -0.4 is 5.32 Å². The van der Waals surface area contributed by atoms with Crippen LogP contribution in [0.3, 0.4) is 0 Å². The first kappa shape index (κ1) is 25.2. The summed E-state index contributed by atoms with van der Waals surface area (Å²) < 4.78 is 0. The molecule has 1 aromatic rings. The number of nitrogens with zero attached hydrogens (tertiary/aromatic N) is 2. The minimum atomic E-state index is 0.279. The van der Waals surface area contributed by atoms with E-state index in [1.807, 2.05) is 18.5 Å². The highest BCUT2D eigenvalue weighted by molar-refractivity contribution is 6.07. The van der Waals surface area contributed by atoms with Crippen molar-refractivity contribution in [1.82, 2.24) is 10.3 Å². The van der Waals surface area contributed by atoms with E-state index in [1.165, 1.54) is 73.8 Å². The van der Waals surface area contributed by atoms with Gasteiger partial charge in [0.25, 0.3) is 0 Å². The number of pyridine rings is 1. The molecule has 0 radical (unpaired) electrons. The van der Waals surface area contributed by atoms with Gasteiger partial charge < -0.3 is 5.32 Å². The van der Waals surface area contributed by atoms with Gasteiger partial charge in [0.05, 0.1) is 6.04 Å². The van der Waals surface area contributed by atoms with Crippen molar-refractivity contribution in [2.45, 2.75) is 115 Å². The Morgan fingerprint density at radius 1 is 1.08 bits per heavy atom. The lowest BCUT2D eigenvalue weighted by Gasteiger charge is -2.31. The van der Waals surface area contributed by atoms with Gasteiger partial charge in [0.2, 0.25) is 0 Å². The maximum atomic E-state index is 13.3. The van der Waals surface area contributed by atoms with Crippen LogP contribution >= 0.6 is 0 Å². The van der Waals surface area contributed by atoms with Gasteiger partial charge in [0.15, 0.2) is 0 Å². The molecule has 1 aromatic heterocycles. The first-order valence-corrected chi connectivity index (χ1v) is 14.5. The molecule has 36 heavy (non-hydrogen) atoms. The number of allylic oxidation sites excluding steroid dienone is 4. The predicted molar refractivity (Wildman–Crippen MR) is 148 cm³/mol. The number of aromatic nitrogens is 1. The summed E-state index contributed by atoms with van der Waals surface area (Å²) in [5.41, 5.74) is 6.42. The second kappa shape index (κ2) is 12.2. The first-order valence-electron chi connectivity index (χ1n) is 14.5. The fourth-order valence-corrected chi connectivity index (χ4v) is 6.89. The van der Waals surface area contributed by atoms with Crippen LogP contribution in [0.2, 0.25) is 0 Å². The molecule has 2 fully saturated rings. The van der Waals surface area contributed by atoms with E-state index < -0.39 is 0 Å². The summed E-state index contributed by atoms with van der Waals surface area (Å²) in [7, 11) is 0. The van der Waals surface area contributed by atoms with Crippen molar-refractivity contribution in [3.8, 4) is 0 Å². The average Bonchev–Trinajstić information content (AvgIpc) is 3.10. The minimum Gasteiger partial charge on any atom is -0.382 e. The number of hydrogen-bond acceptors (Lipinski definition) is 4. The van der Waals surface area contributed by atoms with Crippen molar-refractivity contribution in [3.63, 3.8) is 0 Å². The zero-order valence-corrected chi connectivity index (χ0v) is 22.1. The van der Waals surface area contributed by atoms with Gasteiger partial charge in [-0.15, -0.1) is 0 Å². The molecule has 4 aliphatic rings. The maximum absolute atomic E-state index is 13.3. The summed E-state index contributed by atoms with van der Waals surface area (Å²) in [6.07, 6.45) is 26.1. The topological polar surface area (TPSA) is 54.4 Å². The first-order chi connectivity index (χ1) is 17.7. The quantitative estimate of drug-likeness (QED) is 0.418. The Morgan fingerprint density at radius 3 is 2.75 bits per heavy atom. The average molecular weight is 486 g/mol. The van der Waals surface area contributed by atoms with Crippen LogP contribution in [0.15, 0.2) is 64.6 Å². The van der Waals surface area contributed by atoms with E-state index in [-0.39, 0.29) is 6.04 Å². The number of ketones is 1. The fourth-order valence-electron chi connectivity index (χ4n) is 6.89. The molecule has 1 aliphatic heterocycles. The van der Waals surface area contributed by atoms with Crippen molar-refractivity contribution >= 4 is 11.5 Å². The van der Waals surface area contributed by atoms with Crippen LogP contribution in [-0.4, -0.2) is 28.6 Å². The van der Waals surface area contributed by atoms with Gasteiger partial charge in [-0.25, -0.2) is 0 Å². The van der Waals surface area contributed by atoms with Gasteiger partial charge in [-0.2, -0.15) is 0 Å². The summed E-state index contributed by atoms with van der Waals surface area (Å²) in [5, 5.41) is 3.91. The molecule has 3 unspecified atom stereocenters. The number of Topliss-reactive ketones (excluding diaryl/α,β-unsaturated/α-hetero) is 1. The van der Waals surface area contributed by atoms with Gasteiger partial charge in [-0.3, -0.25) is 14.8 Å². The lowest BCUT2D eigenvalue weighted by atomic mass is 9.73. The number of dihydropyridines is 1. The standard InChI is InChI=1S/C32H43N3O/c1-23-20-25-11-6-8-16-30(35-27-13-3-2-4-14-27)32(25)31(34-23)18-17-28(36)21-24-10-5-7-15-29(24)26-12-9-19-33-22-26/h6,9,11-12,16,19,22-24,27,29,35H,2-5,7-8,10,13-15,17-18,20-21H2,1H3. The van der Waals surface area contributed by atoms with Crippen molar-refractivity contribution in [2.24, 2.45) is 10.9 Å². The number of aliphatic imine (C=N–C) groups is 1. The molecule has 192 valence electrons. The Hall–Kier alpha value is -2.49. The molecule has 1 N–H and O–H groups in total. The largest absolute Gasteiger partial charge is 0.382 e. The Morgan fingerprint density at radius 2 is 1.92 bits per heavy atom. The smallest absolute Gasteiger partial charge is 0.133 e. The van der Waals surface area contributed by atoms with E-state index in [2.05, 4.69) is 41.5 Å². The third-order valence-corrected chi connectivity index (χ3v) is 8.66. The van der Waals surface area contributed by atoms with Crippen molar-refractivity contribution in [2.75, 3.05) is 0 Å². The summed E-state index contributed by atoms with van der Waals surface area (Å²) in [5.74, 6) is 1.31. The third kappa shape index (κ3) is 6.25. The van der Waals surface area contributed by atoms with Crippen LogP contribution in [-0.2, 0) is 4.79 Å². The molecule has 2 heterocycles. The molecule has 0 spiro atoms. The summed E-state index contributed by atoms with van der Waals surface area (Å²) >= 11 is 0. The van der Waals surface area contributed by atoms with E-state index in [0.717, 1.165) is 31.4 Å². The zero-order chi connectivity index (χ0) is 24.7. The molecule has 4 nitrogen and oxygen atoms in total. The number of rotatable bonds is 8. The third-order valence-electron chi connectivity index (χ3n) is 8.66. The molecular formula is C32H43N3O. The summed E-state index contributed by atoms with van der Waals surface area (Å²) in [6.45, 7) is 2.21. The van der Waals surface area contributed by atoms with Gasteiger partial charge >= 0.3 is 0 Å². The second-order valence-electron chi connectivity index (χ2n) is 11.4. The van der Waals surface area contributed by atoms with E-state index in [1.54, 1.807) is 0 Å². The van der Waals surface area contributed by atoms with E-state index in [4.69, 9.17) is 4.99 Å². The Labute approximate surface area is 217 Å². The Balaban J connectivity index is 1.26. The van der Waals surface area contributed by atoms with Crippen molar-refractivity contribution in [1.29, 1.82) is 0 Å². The highest BCUT2D eigenvalue weighted by Gasteiger charge is 2.30. The molecule has 0 bridgehead atoms. The molecule has 4 heteroatoms. The summed E-state index contributed by atoms with van der Waals surface area (Å²) in [6, 6.07) is 5.07. The van der Waals surface area contributed by atoms with E-state index >= 15 is 0 Å². The highest BCUT2D eigenvalue weighted by atomic mass is 16.1. The van der Waals surface area contributed by atoms with Gasteiger partial charge in [-0.1, -0.05) is 56.4 Å². The molecule has 2 saturated carbocycles. The molecule has 0 aromatic carbocycles. The molecule has 0 saturated heterocycles. The maximum Gasteiger partial charge on any atom is 0.133 e. The van der Waals surface area contributed by atoms with Gasteiger partial charge in [0, 0.05) is 48.3 Å². The fraction of sp³-hybridized carbons (Fsp3) is 0.594. The molecule has 0 amide bonds. The lowest BCUT2D eigenvalue weighted by Crippen LogP contribution is -2.33. The van der Waals surface area contributed by atoms with Crippen molar-refractivity contribution in [3.05, 3.63) is 65.2 Å². The van der Waals surface area contributed by atoms with Gasteiger partial charge in [-0.05, 0) is 80.9 Å². The minimum absolute atomic E-state index is 0.279. The number of hydrogen-bond donors (Lipinski definition) is 1. The van der Waals surface area contributed by atoms with E-state index in [9.17, 15) is 4.79 Å². The number of nitrogens with one attached hydrogen (secondary N) is 1. The SMILES string of the molecule is CC1CC2=C(C(NC3CCCCC3)=CCC=C2)C(CCC(=O)CC2CCCCC2c2cccnc2)=N1. The molecule has 5 rings (SSSR count). The van der Waals surface area contributed by atoms with E-state index in [0.29, 0.717) is 36.5 Å². The number of carbonyl (C=O) groups is 1. The van der Waals surface area contributed by atoms with Crippen LogP contribution in [0.4, 0.5) is 0 Å². The van der Waals surface area contributed by atoms with Crippen LogP contribution in [0.5, 0.6) is 0 Å². The number of carbonyl (C=O) groups excluding carboxylic acids is 1. The van der Waals surface area contributed by atoms with Crippen LogP contribution in [0, 0.1) is 5.92 Å². The summed E-state index contributed by atoms with van der Waals surface area (Å²) in [4.78, 5) is 22.8. The normalized spacial score (nSPS) is 27.1. The monoisotopic (exact) mass is 485 g/mol. The molecular weight excluding hydrogens is 442 g/mol. The van der Waals surface area contributed by atoms with Gasteiger partial charge in [0.1, 0.15) is 5.78 Å². The molecule has 3 aliphatic carbocycles.